The van der Waals surface area contributed by atoms with E-state index in [9.17, 15) is 9.59 Å². The summed E-state index contributed by atoms with van der Waals surface area (Å²) >= 11 is 6.17. The molecule has 2 aromatic carbocycles. The molecule has 0 bridgehead atoms. The lowest BCUT2D eigenvalue weighted by Crippen LogP contribution is -2.47. The average Bonchev–Trinajstić information content (AvgIpc) is 2.76. The van der Waals surface area contributed by atoms with Crippen molar-refractivity contribution in [2.24, 2.45) is 0 Å². The van der Waals surface area contributed by atoms with E-state index in [1.807, 2.05) is 38.1 Å². The molecule has 1 aliphatic heterocycles. The van der Waals surface area contributed by atoms with Crippen LogP contribution in [0, 0.1) is 13.8 Å². The zero-order valence-electron chi connectivity index (χ0n) is 17.5. The molecule has 1 N–H and O–H groups in total. The molecular formula is C23H27ClN2O4. The maximum absolute atomic E-state index is 12.5. The van der Waals surface area contributed by atoms with Gasteiger partial charge in [0.15, 0.2) is 6.61 Å². The van der Waals surface area contributed by atoms with Gasteiger partial charge in [0.05, 0.1) is 12.7 Å². The number of nitrogens with one attached hydrogen (secondary N) is 1. The highest BCUT2D eigenvalue weighted by Crippen LogP contribution is 2.26. The number of aryl methyl sites for hydroxylation is 2. The van der Waals surface area contributed by atoms with Gasteiger partial charge in [-0.2, -0.15) is 0 Å². The molecule has 0 atom stereocenters. The largest absolute Gasteiger partial charge is 0.496 e. The van der Waals surface area contributed by atoms with Gasteiger partial charge in [0.1, 0.15) is 11.5 Å². The van der Waals surface area contributed by atoms with E-state index in [0.717, 1.165) is 11.1 Å². The van der Waals surface area contributed by atoms with Crippen LogP contribution in [0.5, 0.6) is 11.5 Å². The van der Waals surface area contributed by atoms with Crippen LogP contribution >= 0.6 is 11.6 Å². The first-order chi connectivity index (χ1) is 14.4. The van der Waals surface area contributed by atoms with Crippen molar-refractivity contribution in [3.8, 4) is 11.5 Å². The number of benzene rings is 2. The first-order valence-corrected chi connectivity index (χ1v) is 10.4. The summed E-state index contributed by atoms with van der Waals surface area (Å²) in [4.78, 5) is 26.8. The Morgan fingerprint density at radius 3 is 2.40 bits per heavy atom. The minimum Gasteiger partial charge on any atom is -0.496 e. The Bertz CT molecular complexity index is 900. The van der Waals surface area contributed by atoms with Crippen LogP contribution in [0.15, 0.2) is 36.4 Å². The highest BCUT2D eigenvalue weighted by molar-refractivity contribution is 6.32. The van der Waals surface area contributed by atoms with Gasteiger partial charge in [0.2, 0.25) is 0 Å². The maximum atomic E-state index is 12.5. The molecule has 1 fully saturated rings. The lowest BCUT2D eigenvalue weighted by molar-refractivity contribution is -0.134. The van der Waals surface area contributed by atoms with Crippen molar-refractivity contribution in [1.29, 1.82) is 0 Å². The van der Waals surface area contributed by atoms with Crippen LogP contribution in [0.1, 0.15) is 34.3 Å². The molecule has 3 rings (SSSR count). The topological polar surface area (TPSA) is 67.9 Å². The molecule has 0 aromatic heterocycles. The second-order valence-corrected chi connectivity index (χ2v) is 7.87. The quantitative estimate of drug-likeness (QED) is 0.757. The molecule has 7 heteroatoms. The molecule has 0 spiro atoms. The highest BCUT2D eigenvalue weighted by Gasteiger charge is 2.25. The van der Waals surface area contributed by atoms with Crippen molar-refractivity contribution >= 4 is 23.4 Å². The maximum Gasteiger partial charge on any atom is 0.260 e. The summed E-state index contributed by atoms with van der Waals surface area (Å²) in [6.45, 7) is 4.97. The summed E-state index contributed by atoms with van der Waals surface area (Å²) in [5.41, 5.74) is 2.36. The number of hydrogen-bond donors (Lipinski definition) is 1. The zero-order chi connectivity index (χ0) is 21.7. The van der Waals surface area contributed by atoms with Gasteiger partial charge < -0.3 is 19.7 Å². The van der Waals surface area contributed by atoms with E-state index in [1.54, 1.807) is 24.1 Å². The fourth-order valence-corrected chi connectivity index (χ4v) is 3.70. The van der Waals surface area contributed by atoms with Crippen molar-refractivity contribution in [1.82, 2.24) is 10.2 Å². The number of carbonyl (C=O) groups excluding carboxylic acids is 2. The standard InChI is InChI=1S/C23H27ClN2O4/c1-15-12-18(13-16(2)22(15)24)30-14-21(27)26-10-8-17(9-11-26)25-23(28)19-6-4-5-7-20(19)29-3/h4-7,12-13,17H,8-11,14H2,1-3H3,(H,25,28). The first kappa shape index (κ1) is 22.0. The Balaban J connectivity index is 1.48. The molecular weight excluding hydrogens is 404 g/mol. The van der Waals surface area contributed by atoms with Crippen LogP contribution in [0.25, 0.3) is 0 Å². The molecule has 0 saturated carbocycles. The number of ether oxygens (including phenoxy) is 2. The van der Waals surface area contributed by atoms with E-state index in [1.165, 1.54) is 0 Å². The minimum absolute atomic E-state index is 0.0151. The molecule has 2 aromatic rings. The smallest absolute Gasteiger partial charge is 0.260 e. The number of amides is 2. The summed E-state index contributed by atoms with van der Waals surface area (Å²) in [6.07, 6.45) is 1.40. The molecule has 6 nitrogen and oxygen atoms in total. The Morgan fingerprint density at radius 1 is 1.13 bits per heavy atom. The van der Waals surface area contributed by atoms with E-state index >= 15 is 0 Å². The monoisotopic (exact) mass is 430 g/mol. The van der Waals surface area contributed by atoms with Crippen LogP contribution in [-0.2, 0) is 4.79 Å². The normalized spacial score (nSPS) is 14.3. The summed E-state index contributed by atoms with van der Waals surface area (Å²) in [5, 5.41) is 3.76. The molecule has 30 heavy (non-hydrogen) atoms. The Hall–Kier alpha value is -2.73. The number of rotatable bonds is 6. The number of piperidine rings is 1. The van der Waals surface area contributed by atoms with Gasteiger partial charge in [0.25, 0.3) is 11.8 Å². The van der Waals surface area contributed by atoms with E-state index in [2.05, 4.69) is 5.32 Å². The number of para-hydroxylation sites is 1. The van der Waals surface area contributed by atoms with Gasteiger partial charge in [0, 0.05) is 24.2 Å². The third kappa shape index (κ3) is 5.25. The van der Waals surface area contributed by atoms with Crippen LogP contribution in [0.3, 0.4) is 0 Å². The molecule has 0 aliphatic carbocycles. The van der Waals surface area contributed by atoms with E-state index in [0.29, 0.717) is 48.0 Å². The summed E-state index contributed by atoms with van der Waals surface area (Å²) in [7, 11) is 1.55. The van der Waals surface area contributed by atoms with Crippen molar-refractivity contribution < 1.29 is 19.1 Å². The van der Waals surface area contributed by atoms with Crippen molar-refractivity contribution in [3.05, 3.63) is 58.1 Å². The lowest BCUT2D eigenvalue weighted by atomic mass is 10.0. The number of nitrogens with zero attached hydrogens (tertiary/aromatic N) is 1. The second-order valence-electron chi connectivity index (χ2n) is 7.49. The first-order valence-electron chi connectivity index (χ1n) is 10.00. The van der Waals surface area contributed by atoms with Gasteiger partial charge in [-0.05, 0) is 62.1 Å². The molecule has 1 heterocycles. The zero-order valence-corrected chi connectivity index (χ0v) is 18.3. The Kier molecular flexibility index (Phi) is 7.21. The van der Waals surface area contributed by atoms with Gasteiger partial charge in [-0.15, -0.1) is 0 Å². The van der Waals surface area contributed by atoms with Crippen LogP contribution in [-0.4, -0.2) is 49.6 Å². The van der Waals surface area contributed by atoms with Gasteiger partial charge >= 0.3 is 0 Å². The fraction of sp³-hybridized carbons (Fsp3) is 0.391. The molecule has 1 aliphatic rings. The second kappa shape index (κ2) is 9.85. The van der Waals surface area contributed by atoms with Crippen LogP contribution in [0.2, 0.25) is 5.02 Å². The number of likely N-dealkylation sites (tertiary alicyclic amines) is 1. The number of methoxy groups -OCH3 is 1. The van der Waals surface area contributed by atoms with E-state index in [4.69, 9.17) is 21.1 Å². The average molecular weight is 431 g/mol. The van der Waals surface area contributed by atoms with Crippen molar-refractivity contribution in [2.45, 2.75) is 32.7 Å². The fourth-order valence-electron chi connectivity index (χ4n) is 3.59. The van der Waals surface area contributed by atoms with E-state index < -0.39 is 0 Å². The van der Waals surface area contributed by atoms with Gasteiger partial charge in [-0.3, -0.25) is 9.59 Å². The predicted octanol–water partition coefficient (Wildman–Crippen LogP) is 3.77. The summed E-state index contributed by atoms with van der Waals surface area (Å²) < 4.78 is 10.9. The molecule has 1 saturated heterocycles. The van der Waals surface area contributed by atoms with Gasteiger partial charge in [-0.25, -0.2) is 0 Å². The predicted molar refractivity (Wildman–Crippen MR) is 116 cm³/mol. The number of halogens is 1. The minimum atomic E-state index is -0.158. The van der Waals surface area contributed by atoms with Crippen molar-refractivity contribution in [2.75, 3.05) is 26.8 Å². The summed E-state index contributed by atoms with van der Waals surface area (Å²) in [6, 6.07) is 10.8. The SMILES string of the molecule is COc1ccccc1C(=O)NC1CCN(C(=O)COc2cc(C)c(Cl)c(C)c2)CC1. The third-order valence-corrected chi connectivity index (χ3v) is 5.90. The lowest BCUT2D eigenvalue weighted by Gasteiger charge is -2.32. The highest BCUT2D eigenvalue weighted by atomic mass is 35.5. The molecule has 2 amide bonds. The van der Waals surface area contributed by atoms with Crippen LogP contribution in [0.4, 0.5) is 0 Å². The molecule has 160 valence electrons. The Labute approximate surface area is 182 Å². The van der Waals surface area contributed by atoms with E-state index in [-0.39, 0.29) is 24.5 Å². The Morgan fingerprint density at radius 2 is 1.77 bits per heavy atom. The van der Waals surface area contributed by atoms with Crippen LogP contribution < -0.4 is 14.8 Å². The third-order valence-electron chi connectivity index (χ3n) is 5.31. The number of hydrogen-bond acceptors (Lipinski definition) is 4. The molecule has 0 radical (unpaired) electrons. The van der Waals surface area contributed by atoms with Gasteiger partial charge in [-0.1, -0.05) is 23.7 Å². The molecule has 0 unspecified atom stereocenters. The number of carbonyl (C=O) groups is 2. The van der Waals surface area contributed by atoms with Crippen molar-refractivity contribution in [3.63, 3.8) is 0 Å². The summed E-state index contributed by atoms with van der Waals surface area (Å²) in [5.74, 6) is 0.970.